The first-order chi connectivity index (χ1) is 15.1. The lowest BCUT2D eigenvalue weighted by Gasteiger charge is -2.31. The Hall–Kier alpha value is -2.70. The number of nitrogens with one attached hydrogen (secondary N) is 1. The number of carbonyl (C=O) groups is 1. The monoisotopic (exact) mass is 440 g/mol. The van der Waals surface area contributed by atoms with Crippen molar-refractivity contribution in [3.8, 4) is 0 Å². The van der Waals surface area contributed by atoms with Crippen LogP contribution in [-0.4, -0.2) is 33.4 Å². The maximum atomic E-state index is 14.0. The van der Waals surface area contributed by atoms with Crippen molar-refractivity contribution in [1.29, 1.82) is 0 Å². The molecule has 0 atom stereocenters. The lowest BCUT2D eigenvalue weighted by molar-refractivity contribution is -0.126. The van der Waals surface area contributed by atoms with Gasteiger partial charge in [-0.15, -0.1) is 0 Å². The third kappa shape index (κ3) is 5.71. The fraction of sp³-hybridized carbons (Fsp3) is 0.333. The van der Waals surface area contributed by atoms with Gasteiger partial charge in [0, 0.05) is 48.5 Å². The van der Waals surface area contributed by atoms with Crippen LogP contribution >= 0.6 is 11.6 Å². The van der Waals surface area contributed by atoms with E-state index < -0.39 is 0 Å². The first kappa shape index (κ1) is 21.5. The molecular weight excluding hydrogens is 415 g/mol. The highest BCUT2D eigenvalue weighted by molar-refractivity contribution is 6.31. The molecule has 0 spiro atoms. The molecule has 1 fully saturated rings. The summed E-state index contributed by atoms with van der Waals surface area (Å²) in [6, 6.07) is 13.0. The Morgan fingerprint density at radius 2 is 1.90 bits per heavy atom. The zero-order chi connectivity index (χ0) is 21.6. The number of imidazole rings is 1. The van der Waals surface area contributed by atoms with Gasteiger partial charge in [-0.2, -0.15) is 0 Å². The van der Waals surface area contributed by atoms with Gasteiger partial charge >= 0.3 is 0 Å². The van der Waals surface area contributed by atoms with E-state index in [-0.39, 0.29) is 17.6 Å². The van der Waals surface area contributed by atoms with E-state index in [2.05, 4.69) is 27.3 Å². The van der Waals surface area contributed by atoms with E-state index in [1.54, 1.807) is 24.7 Å². The third-order valence-corrected chi connectivity index (χ3v) is 6.14. The van der Waals surface area contributed by atoms with Crippen molar-refractivity contribution in [2.45, 2.75) is 32.5 Å². The molecule has 0 saturated carbocycles. The Bertz CT molecular complexity index is 996. The van der Waals surface area contributed by atoms with Gasteiger partial charge < -0.3 is 9.88 Å². The Labute approximate surface area is 186 Å². The van der Waals surface area contributed by atoms with Crippen molar-refractivity contribution in [2.24, 2.45) is 5.92 Å². The van der Waals surface area contributed by atoms with Gasteiger partial charge in [-0.05, 0) is 49.2 Å². The zero-order valence-electron chi connectivity index (χ0n) is 17.3. The number of aromatic nitrogens is 2. The van der Waals surface area contributed by atoms with Crippen molar-refractivity contribution in [2.75, 3.05) is 13.1 Å². The van der Waals surface area contributed by atoms with Gasteiger partial charge in [-0.1, -0.05) is 41.9 Å². The molecule has 1 aliphatic rings. The molecule has 7 heteroatoms. The Morgan fingerprint density at radius 1 is 1.13 bits per heavy atom. The maximum Gasteiger partial charge on any atom is 0.223 e. The number of piperidine rings is 1. The molecule has 1 N–H and O–H groups in total. The van der Waals surface area contributed by atoms with Crippen molar-refractivity contribution < 1.29 is 9.18 Å². The number of amides is 1. The first-order valence-electron chi connectivity index (χ1n) is 10.5. The predicted octanol–water partition coefficient (Wildman–Crippen LogP) is 4.25. The summed E-state index contributed by atoms with van der Waals surface area (Å²) < 4.78 is 16.0. The SMILES string of the molecule is O=C(NCc1cccc(Cn2ccnc2)c1)C1CCN(Cc2c(F)cccc2Cl)CC1. The molecule has 1 amide bonds. The molecule has 31 heavy (non-hydrogen) atoms. The van der Waals surface area contributed by atoms with Gasteiger partial charge in [0.1, 0.15) is 5.82 Å². The van der Waals surface area contributed by atoms with Crippen LogP contribution in [-0.2, 0) is 24.4 Å². The van der Waals surface area contributed by atoms with Crippen molar-refractivity contribution in [3.05, 3.63) is 88.7 Å². The van der Waals surface area contributed by atoms with E-state index in [0.29, 0.717) is 23.7 Å². The smallest absolute Gasteiger partial charge is 0.223 e. The molecule has 1 aliphatic heterocycles. The third-order valence-electron chi connectivity index (χ3n) is 5.78. The summed E-state index contributed by atoms with van der Waals surface area (Å²) in [5.74, 6) is -0.201. The summed E-state index contributed by atoms with van der Waals surface area (Å²) in [5, 5.41) is 3.53. The highest BCUT2D eigenvalue weighted by Gasteiger charge is 2.25. The number of carbonyl (C=O) groups excluding carboxylic acids is 1. The molecule has 2 aromatic carbocycles. The standard InChI is InChI=1S/C24H26ClFN4O/c25-22-5-2-6-23(26)21(22)16-29-10-7-20(8-11-29)24(31)28-14-18-3-1-4-19(13-18)15-30-12-9-27-17-30/h1-6,9,12-13,17,20H,7-8,10-11,14-16H2,(H,28,31). The number of likely N-dealkylation sites (tertiary alicyclic amines) is 1. The summed E-state index contributed by atoms with van der Waals surface area (Å²) >= 11 is 6.14. The average Bonchev–Trinajstić information content (AvgIpc) is 3.28. The molecule has 0 unspecified atom stereocenters. The summed E-state index contributed by atoms with van der Waals surface area (Å²) in [6.07, 6.45) is 7.01. The van der Waals surface area contributed by atoms with E-state index in [0.717, 1.165) is 38.0 Å². The summed E-state index contributed by atoms with van der Waals surface area (Å²) in [7, 11) is 0. The summed E-state index contributed by atoms with van der Waals surface area (Å²) in [5.41, 5.74) is 2.78. The zero-order valence-corrected chi connectivity index (χ0v) is 18.1. The highest BCUT2D eigenvalue weighted by Crippen LogP contribution is 2.24. The minimum absolute atomic E-state index is 0.0125. The Morgan fingerprint density at radius 3 is 2.65 bits per heavy atom. The lowest BCUT2D eigenvalue weighted by Crippen LogP contribution is -2.40. The summed E-state index contributed by atoms with van der Waals surface area (Å²) in [6.45, 7) is 3.25. The van der Waals surface area contributed by atoms with Crippen LogP contribution in [0.1, 0.15) is 29.5 Å². The highest BCUT2D eigenvalue weighted by atomic mass is 35.5. The van der Waals surface area contributed by atoms with Gasteiger partial charge in [0.2, 0.25) is 5.91 Å². The van der Waals surface area contributed by atoms with E-state index in [9.17, 15) is 9.18 Å². The molecule has 5 nitrogen and oxygen atoms in total. The Kier molecular flexibility index (Phi) is 6.99. The Balaban J connectivity index is 1.25. The number of hydrogen-bond donors (Lipinski definition) is 1. The maximum absolute atomic E-state index is 14.0. The molecule has 0 radical (unpaired) electrons. The molecule has 0 aliphatic carbocycles. The number of halogens is 2. The van der Waals surface area contributed by atoms with Crippen molar-refractivity contribution in [3.63, 3.8) is 0 Å². The van der Waals surface area contributed by atoms with Crippen LogP contribution in [0.15, 0.2) is 61.2 Å². The fourth-order valence-corrected chi connectivity index (χ4v) is 4.25. The van der Waals surface area contributed by atoms with Crippen LogP contribution in [0.3, 0.4) is 0 Å². The second-order valence-electron chi connectivity index (χ2n) is 8.02. The van der Waals surface area contributed by atoms with Gasteiger partial charge in [0.25, 0.3) is 0 Å². The number of rotatable bonds is 7. The fourth-order valence-electron chi connectivity index (χ4n) is 4.02. The second-order valence-corrected chi connectivity index (χ2v) is 8.43. The minimum Gasteiger partial charge on any atom is -0.352 e. The van der Waals surface area contributed by atoms with Crippen LogP contribution in [0.25, 0.3) is 0 Å². The molecular formula is C24H26ClFN4O. The largest absolute Gasteiger partial charge is 0.352 e. The quantitative estimate of drug-likeness (QED) is 0.597. The van der Waals surface area contributed by atoms with E-state index >= 15 is 0 Å². The van der Waals surface area contributed by atoms with Crippen LogP contribution in [0.5, 0.6) is 0 Å². The molecule has 0 bridgehead atoms. The summed E-state index contributed by atoms with van der Waals surface area (Å²) in [4.78, 5) is 18.9. The van der Waals surface area contributed by atoms with E-state index in [1.807, 2.05) is 22.9 Å². The van der Waals surface area contributed by atoms with Crippen molar-refractivity contribution in [1.82, 2.24) is 19.8 Å². The topological polar surface area (TPSA) is 50.2 Å². The molecule has 1 aromatic heterocycles. The van der Waals surface area contributed by atoms with Crippen LogP contribution < -0.4 is 5.32 Å². The van der Waals surface area contributed by atoms with Crippen LogP contribution in [0, 0.1) is 11.7 Å². The molecule has 162 valence electrons. The van der Waals surface area contributed by atoms with Crippen LogP contribution in [0.2, 0.25) is 5.02 Å². The van der Waals surface area contributed by atoms with Gasteiger partial charge in [-0.3, -0.25) is 9.69 Å². The van der Waals surface area contributed by atoms with Crippen LogP contribution in [0.4, 0.5) is 4.39 Å². The second kappa shape index (κ2) is 10.1. The van der Waals surface area contributed by atoms with Gasteiger partial charge in [-0.25, -0.2) is 9.37 Å². The molecule has 3 aromatic rings. The predicted molar refractivity (Wildman–Crippen MR) is 119 cm³/mol. The van der Waals surface area contributed by atoms with Crippen molar-refractivity contribution >= 4 is 17.5 Å². The van der Waals surface area contributed by atoms with Gasteiger partial charge in [0.15, 0.2) is 0 Å². The number of benzene rings is 2. The molecule has 2 heterocycles. The number of hydrogen-bond acceptors (Lipinski definition) is 3. The first-order valence-corrected chi connectivity index (χ1v) is 10.9. The minimum atomic E-state index is -0.275. The molecule has 4 rings (SSSR count). The van der Waals surface area contributed by atoms with E-state index in [4.69, 9.17) is 11.6 Å². The average molecular weight is 441 g/mol. The van der Waals surface area contributed by atoms with E-state index in [1.165, 1.54) is 11.6 Å². The molecule has 1 saturated heterocycles. The lowest BCUT2D eigenvalue weighted by atomic mass is 9.95. The van der Waals surface area contributed by atoms with Gasteiger partial charge in [0.05, 0.1) is 6.33 Å². The number of nitrogens with zero attached hydrogens (tertiary/aromatic N) is 3. The normalized spacial score (nSPS) is 15.2.